The summed E-state index contributed by atoms with van der Waals surface area (Å²) in [7, 11) is 5.79. The van der Waals surface area contributed by atoms with E-state index in [1.54, 1.807) is 7.05 Å². The molecule has 1 aliphatic carbocycles. The molecule has 0 amide bonds. The van der Waals surface area contributed by atoms with Gasteiger partial charge in [-0.3, -0.25) is 4.99 Å². The van der Waals surface area contributed by atoms with Gasteiger partial charge in [-0.2, -0.15) is 0 Å². The summed E-state index contributed by atoms with van der Waals surface area (Å²) >= 11 is 0. The summed E-state index contributed by atoms with van der Waals surface area (Å²) in [5, 5.41) is 3.62. The van der Waals surface area contributed by atoms with Crippen LogP contribution in [0.5, 0.6) is 0 Å². The number of nitrogens with zero attached hydrogens (tertiary/aromatic N) is 4. The summed E-state index contributed by atoms with van der Waals surface area (Å²) in [6.07, 6.45) is 13.4. The Morgan fingerprint density at radius 2 is 2.07 bits per heavy atom. The third-order valence-electron chi connectivity index (χ3n) is 5.20. The molecule has 156 valence electrons. The van der Waals surface area contributed by atoms with E-state index >= 15 is 0 Å². The predicted molar refractivity (Wildman–Crippen MR) is 129 cm³/mol. The molecule has 5 heteroatoms. The minimum absolute atomic E-state index is 0.477. The van der Waals surface area contributed by atoms with Crippen molar-refractivity contribution in [1.82, 2.24) is 14.9 Å². The molecule has 1 heterocycles. The van der Waals surface area contributed by atoms with Crippen LogP contribution in [0.1, 0.15) is 37.3 Å². The lowest BCUT2D eigenvalue weighted by molar-refractivity contribution is 0.444. The van der Waals surface area contributed by atoms with E-state index in [9.17, 15) is 0 Å². The van der Waals surface area contributed by atoms with E-state index in [4.69, 9.17) is 4.98 Å². The van der Waals surface area contributed by atoms with Crippen molar-refractivity contribution in [3.63, 3.8) is 0 Å². The van der Waals surface area contributed by atoms with Crippen molar-refractivity contribution in [2.24, 2.45) is 4.99 Å². The first-order valence-electron chi connectivity index (χ1n) is 10.4. The Morgan fingerprint density at radius 1 is 1.27 bits per heavy atom. The maximum atomic E-state index is 4.92. The molecule has 0 saturated heterocycles. The molecule has 30 heavy (non-hydrogen) atoms. The molecule has 1 aromatic heterocycles. The molecule has 0 bridgehead atoms. The van der Waals surface area contributed by atoms with Gasteiger partial charge in [0, 0.05) is 62.5 Å². The van der Waals surface area contributed by atoms with Crippen LogP contribution < -0.4 is 5.32 Å². The van der Waals surface area contributed by atoms with Crippen LogP contribution in [-0.4, -0.2) is 48.3 Å². The van der Waals surface area contributed by atoms with Crippen molar-refractivity contribution >= 4 is 23.2 Å². The van der Waals surface area contributed by atoms with Gasteiger partial charge in [0.2, 0.25) is 0 Å². The number of allylic oxidation sites excluding steroid dienone is 4. The van der Waals surface area contributed by atoms with Crippen LogP contribution in [0.25, 0.3) is 22.5 Å². The Balaban J connectivity index is 2.03. The molecule has 0 atom stereocenters. The van der Waals surface area contributed by atoms with Gasteiger partial charge >= 0.3 is 0 Å². The fourth-order valence-corrected chi connectivity index (χ4v) is 3.39. The van der Waals surface area contributed by atoms with Crippen LogP contribution in [0.3, 0.4) is 0 Å². The zero-order chi connectivity index (χ0) is 21.5. The molecule has 0 aliphatic heterocycles. The van der Waals surface area contributed by atoms with E-state index in [1.807, 2.05) is 62.6 Å². The van der Waals surface area contributed by atoms with Crippen molar-refractivity contribution in [2.75, 3.05) is 26.5 Å². The highest BCUT2D eigenvalue weighted by Gasteiger charge is 2.20. The Bertz CT molecular complexity index is 981. The van der Waals surface area contributed by atoms with Crippen molar-refractivity contribution < 1.29 is 0 Å². The zero-order valence-electron chi connectivity index (χ0n) is 18.4. The SMILES string of the molecule is C=C/C(=C\N(C)C)c1cccc(-c2ncc(/C(C=NC)=C/C)c(NC3CCC3)n2)c1. The zero-order valence-corrected chi connectivity index (χ0v) is 18.4. The van der Waals surface area contributed by atoms with Crippen molar-refractivity contribution in [3.05, 3.63) is 66.5 Å². The summed E-state index contributed by atoms with van der Waals surface area (Å²) < 4.78 is 0. The number of benzene rings is 1. The summed E-state index contributed by atoms with van der Waals surface area (Å²) in [6.45, 7) is 5.97. The Hall–Kier alpha value is -3.21. The molecule has 5 nitrogen and oxygen atoms in total. The molecule has 2 aromatic rings. The lowest BCUT2D eigenvalue weighted by Gasteiger charge is -2.28. The first-order chi connectivity index (χ1) is 14.5. The van der Waals surface area contributed by atoms with Gasteiger partial charge in [-0.25, -0.2) is 9.97 Å². The first-order valence-corrected chi connectivity index (χ1v) is 10.4. The van der Waals surface area contributed by atoms with Crippen LogP contribution >= 0.6 is 0 Å². The normalized spacial score (nSPS) is 15.2. The summed E-state index contributed by atoms with van der Waals surface area (Å²) in [5.74, 6) is 1.58. The number of hydrogen-bond acceptors (Lipinski definition) is 5. The number of aliphatic imine (C=N–C) groups is 1. The van der Waals surface area contributed by atoms with Gasteiger partial charge in [0.1, 0.15) is 5.82 Å². The number of hydrogen-bond donors (Lipinski definition) is 1. The van der Waals surface area contributed by atoms with E-state index in [-0.39, 0.29) is 0 Å². The van der Waals surface area contributed by atoms with E-state index in [0.717, 1.165) is 33.7 Å². The van der Waals surface area contributed by atoms with Crippen LogP contribution in [0, 0.1) is 0 Å². The lowest BCUT2D eigenvalue weighted by Crippen LogP contribution is -2.28. The predicted octanol–water partition coefficient (Wildman–Crippen LogP) is 5.30. The second-order valence-corrected chi connectivity index (χ2v) is 7.69. The number of anilines is 1. The van der Waals surface area contributed by atoms with Crippen LogP contribution in [-0.2, 0) is 0 Å². The third kappa shape index (κ3) is 5.03. The standard InChI is InChI=1S/C25H31N5/c1-6-18(15-26-3)23-16-27-24(29-25(23)28-22-12-9-13-22)21-11-8-10-20(14-21)19(7-2)17-30(4)5/h6-8,10-11,14-17,22H,2,9,12-13H2,1,3-5H3,(H,27,28,29)/b18-6+,19-17+,26-15?. The minimum atomic E-state index is 0.477. The van der Waals surface area contributed by atoms with Crippen molar-refractivity contribution in [1.29, 1.82) is 0 Å². The third-order valence-corrected chi connectivity index (χ3v) is 5.20. The number of rotatable bonds is 8. The van der Waals surface area contributed by atoms with Gasteiger partial charge < -0.3 is 10.2 Å². The lowest BCUT2D eigenvalue weighted by atomic mass is 9.93. The largest absolute Gasteiger partial charge is 0.383 e. The maximum absolute atomic E-state index is 4.92. The number of nitrogens with one attached hydrogen (secondary N) is 1. The van der Waals surface area contributed by atoms with Gasteiger partial charge in [0.25, 0.3) is 0 Å². The van der Waals surface area contributed by atoms with Crippen molar-refractivity contribution in [2.45, 2.75) is 32.2 Å². The second kappa shape index (κ2) is 10.0. The monoisotopic (exact) mass is 401 g/mol. The van der Waals surface area contributed by atoms with Crippen molar-refractivity contribution in [3.8, 4) is 11.4 Å². The molecule has 1 aliphatic rings. The molecular formula is C25H31N5. The molecule has 1 N–H and O–H groups in total. The average molecular weight is 402 g/mol. The summed E-state index contributed by atoms with van der Waals surface area (Å²) in [5.41, 5.74) is 5.12. The minimum Gasteiger partial charge on any atom is -0.383 e. The van der Waals surface area contributed by atoms with Gasteiger partial charge in [0.05, 0.1) is 0 Å². The summed E-state index contributed by atoms with van der Waals surface area (Å²) in [4.78, 5) is 15.8. The Labute approximate surface area is 180 Å². The van der Waals surface area contributed by atoms with Gasteiger partial charge in [-0.05, 0) is 43.4 Å². The van der Waals surface area contributed by atoms with Crippen LogP contribution in [0.4, 0.5) is 5.82 Å². The molecule has 0 spiro atoms. The van der Waals surface area contributed by atoms with Crippen LogP contribution in [0.15, 0.2) is 60.4 Å². The summed E-state index contributed by atoms with van der Waals surface area (Å²) in [6, 6.07) is 8.76. The fourth-order valence-electron chi connectivity index (χ4n) is 3.39. The van der Waals surface area contributed by atoms with E-state index in [0.29, 0.717) is 11.9 Å². The second-order valence-electron chi connectivity index (χ2n) is 7.69. The van der Waals surface area contributed by atoms with Gasteiger partial charge in [-0.1, -0.05) is 36.9 Å². The Morgan fingerprint density at radius 3 is 2.67 bits per heavy atom. The highest BCUT2D eigenvalue weighted by atomic mass is 15.1. The number of aromatic nitrogens is 2. The quantitative estimate of drug-likeness (QED) is 0.482. The first kappa shape index (κ1) is 21.5. The fraction of sp³-hybridized carbons (Fsp3) is 0.320. The molecule has 1 saturated carbocycles. The van der Waals surface area contributed by atoms with E-state index < -0.39 is 0 Å². The molecule has 1 fully saturated rings. The van der Waals surface area contributed by atoms with Gasteiger partial charge in [0.15, 0.2) is 5.82 Å². The molecule has 1 aromatic carbocycles. The van der Waals surface area contributed by atoms with Crippen LogP contribution in [0.2, 0.25) is 0 Å². The molecular weight excluding hydrogens is 370 g/mol. The molecule has 0 unspecified atom stereocenters. The van der Waals surface area contributed by atoms with E-state index in [1.165, 1.54) is 19.3 Å². The molecule has 0 radical (unpaired) electrons. The van der Waals surface area contributed by atoms with E-state index in [2.05, 4.69) is 40.2 Å². The maximum Gasteiger partial charge on any atom is 0.161 e. The highest BCUT2D eigenvalue weighted by molar-refractivity contribution is 6.11. The van der Waals surface area contributed by atoms with Gasteiger partial charge in [-0.15, -0.1) is 0 Å². The molecule has 3 rings (SSSR count). The topological polar surface area (TPSA) is 53.4 Å². The Kier molecular flexibility index (Phi) is 7.17. The average Bonchev–Trinajstić information content (AvgIpc) is 2.73. The smallest absolute Gasteiger partial charge is 0.161 e. The highest BCUT2D eigenvalue weighted by Crippen LogP contribution is 2.29.